The van der Waals surface area contributed by atoms with Crippen LogP contribution in [0.15, 0.2) is 36.4 Å². The molecule has 0 spiro atoms. The van der Waals surface area contributed by atoms with Gasteiger partial charge in [0, 0.05) is 61.5 Å². The number of Topliss-reactive ketones (excluding diaryl/α,β-unsaturated/α-hetero) is 1. The minimum absolute atomic E-state index is 0. The number of benzene rings is 2. The predicted octanol–water partition coefficient (Wildman–Crippen LogP) is 3.48. The Labute approximate surface area is 178 Å². The highest BCUT2D eigenvalue weighted by molar-refractivity contribution is 6.30. The summed E-state index contributed by atoms with van der Waals surface area (Å²) < 4.78 is 0. The lowest BCUT2D eigenvalue weighted by Crippen LogP contribution is -2.46. The highest BCUT2D eigenvalue weighted by Gasteiger charge is 2.23. The molecule has 29 heavy (non-hydrogen) atoms. The first-order chi connectivity index (χ1) is 13.3. The van der Waals surface area contributed by atoms with Gasteiger partial charge in [0.1, 0.15) is 0 Å². The first kappa shape index (κ1) is 22.7. The molecule has 156 valence electrons. The molecule has 0 saturated carbocycles. The van der Waals surface area contributed by atoms with Gasteiger partial charge in [-0.15, -0.1) is 12.4 Å². The lowest BCUT2D eigenvalue weighted by Gasteiger charge is -2.36. The molecule has 1 aliphatic rings. The number of halogens is 2. The minimum atomic E-state index is -0.833. The monoisotopic (exact) mass is 441 g/mol. The number of nitrogens with zero attached hydrogens (tertiary/aromatic N) is 3. The molecule has 2 aromatic rings. The summed E-state index contributed by atoms with van der Waals surface area (Å²) >= 11 is 5.92. The molecular formula is C19H21Cl2N3O5. The number of hydrogen-bond donors (Lipinski definition) is 2. The molecule has 0 unspecified atom stereocenters. The van der Waals surface area contributed by atoms with Gasteiger partial charge in [0.2, 0.25) is 5.75 Å². The van der Waals surface area contributed by atoms with Crippen LogP contribution in [0.25, 0.3) is 0 Å². The quantitative estimate of drug-likeness (QED) is 0.305. The topological polar surface area (TPSA) is 107 Å². The van der Waals surface area contributed by atoms with Gasteiger partial charge < -0.3 is 15.1 Å². The zero-order valence-corrected chi connectivity index (χ0v) is 17.0. The number of rotatable bonds is 6. The summed E-state index contributed by atoms with van der Waals surface area (Å²) in [5.41, 5.74) is 0.439. The number of piperazine rings is 1. The second-order valence-corrected chi connectivity index (χ2v) is 7.03. The molecule has 1 fully saturated rings. The van der Waals surface area contributed by atoms with E-state index in [4.69, 9.17) is 11.6 Å². The van der Waals surface area contributed by atoms with Crippen molar-refractivity contribution < 1.29 is 19.9 Å². The van der Waals surface area contributed by atoms with Crippen molar-refractivity contribution in [2.45, 2.75) is 6.42 Å². The van der Waals surface area contributed by atoms with E-state index in [0.717, 1.165) is 44.0 Å². The van der Waals surface area contributed by atoms with Crippen molar-refractivity contribution in [2.75, 3.05) is 37.6 Å². The maximum atomic E-state index is 12.4. The summed E-state index contributed by atoms with van der Waals surface area (Å²) in [7, 11) is 0. The number of carbonyl (C=O) groups excluding carboxylic acids is 1. The van der Waals surface area contributed by atoms with E-state index < -0.39 is 22.1 Å². The molecule has 1 heterocycles. The Morgan fingerprint density at radius 2 is 1.72 bits per heavy atom. The van der Waals surface area contributed by atoms with Gasteiger partial charge in [-0.2, -0.15) is 0 Å². The molecule has 0 bridgehead atoms. The van der Waals surface area contributed by atoms with Crippen LogP contribution in [-0.2, 0) is 0 Å². The van der Waals surface area contributed by atoms with Crippen LogP contribution in [-0.4, -0.2) is 58.5 Å². The molecular weight excluding hydrogens is 421 g/mol. The van der Waals surface area contributed by atoms with Crippen LogP contribution in [0, 0.1) is 10.1 Å². The smallest absolute Gasteiger partial charge is 0.315 e. The van der Waals surface area contributed by atoms with E-state index in [9.17, 15) is 25.1 Å². The fraction of sp³-hybridized carbons (Fsp3) is 0.316. The predicted molar refractivity (Wildman–Crippen MR) is 113 cm³/mol. The number of aromatic hydroxyl groups is 2. The molecule has 1 saturated heterocycles. The van der Waals surface area contributed by atoms with Crippen LogP contribution in [0.3, 0.4) is 0 Å². The number of ketones is 1. The summed E-state index contributed by atoms with van der Waals surface area (Å²) in [6.07, 6.45) is 0.169. The van der Waals surface area contributed by atoms with E-state index in [1.807, 2.05) is 24.3 Å². The van der Waals surface area contributed by atoms with Crippen LogP contribution in [0.5, 0.6) is 11.5 Å². The van der Waals surface area contributed by atoms with Gasteiger partial charge in [0.05, 0.1) is 4.92 Å². The van der Waals surface area contributed by atoms with Crippen molar-refractivity contribution in [1.29, 1.82) is 0 Å². The van der Waals surface area contributed by atoms with Crippen LogP contribution in [0.1, 0.15) is 16.8 Å². The highest BCUT2D eigenvalue weighted by atomic mass is 35.5. The van der Waals surface area contributed by atoms with Crippen molar-refractivity contribution in [1.82, 2.24) is 4.90 Å². The second kappa shape index (κ2) is 9.78. The van der Waals surface area contributed by atoms with Crippen molar-refractivity contribution >= 4 is 41.2 Å². The van der Waals surface area contributed by atoms with Gasteiger partial charge >= 0.3 is 5.69 Å². The average molecular weight is 442 g/mol. The lowest BCUT2D eigenvalue weighted by atomic mass is 10.1. The van der Waals surface area contributed by atoms with Crippen LogP contribution >= 0.6 is 24.0 Å². The van der Waals surface area contributed by atoms with Crippen LogP contribution < -0.4 is 4.90 Å². The van der Waals surface area contributed by atoms with Gasteiger partial charge in [-0.1, -0.05) is 11.6 Å². The lowest BCUT2D eigenvalue weighted by molar-refractivity contribution is -0.386. The molecule has 0 aromatic heterocycles. The van der Waals surface area contributed by atoms with Crippen molar-refractivity contribution in [2.24, 2.45) is 0 Å². The first-order valence-electron chi connectivity index (χ1n) is 8.81. The summed E-state index contributed by atoms with van der Waals surface area (Å²) in [5.74, 6) is -1.83. The van der Waals surface area contributed by atoms with E-state index in [1.165, 1.54) is 0 Å². The van der Waals surface area contributed by atoms with Crippen molar-refractivity contribution in [3.63, 3.8) is 0 Å². The second-order valence-electron chi connectivity index (χ2n) is 6.60. The number of anilines is 1. The maximum Gasteiger partial charge on any atom is 0.315 e. The van der Waals surface area contributed by atoms with Gasteiger partial charge in [0.25, 0.3) is 0 Å². The molecule has 3 rings (SSSR count). The minimum Gasteiger partial charge on any atom is -0.504 e. The van der Waals surface area contributed by atoms with E-state index in [2.05, 4.69) is 9.80 Å². The zero-order valence-electron chi connectivity index (χ0n) is 15.5. The third-order valence-electron chi connectivity index (χ3n) is 4.81. The highest BCUT2D eigenvalue weighted by Crippen LogP contribution is 2.36. The fourth-order valence-corrected chi connectivity index (χ4v) is 3.32. The molecule has 1 aliphatic heterocycles. The molecule has 2 N–H and O–H groups in total. The normalized spacial score (nSPS) is 14.3. The number of phenols is 2. The maximum absolute atomic E-state index is 12.4. The number of phenolic OH excluding ortho intramolecular Hbond substituents is 2. The summed E-state index contributed by atoms with van der Waals surface area (Å²) in [5, 5.41) is 30.8. The average Bonchev–Trinajstić information content (AvgIpc) is 2.69. The fourth-order valence-electron chi connectivity index (χ4n) is 3.19. The van der Waals surface area contributed by atoms with E-state index in [1.54, 1.807) is 0 Å². The zero-order chi connectivity index (χ0) is 20.3. The SMILES string of the molecule is Cl.O=C(CCN1CCN(c2ccc(Cl)cc2)CC1)c1cc(O)c(O)c([N+](=O)[O-])c1. The molecule has 8 nitrogen and oxygen atoms in total. The largest absolute Gasteiger partial charge is 0.504 e. The molecule has 2 aromatic carbocycles. The Bertz CT molecular complexity index is 884. The Morgan fingerprint density at radius 3 is 2.31 bits per heavy atom. The number of nitro benzene ring substituents is 1. The first-order valence-corrected chi connectivity index (χ1v) is 9.19. The van der Waals surface area contributed by atoms with Gasteiger partial charge in [-0.25, -0.2) is 0 Å². The Kier molecular flexibility index (Phi) is 7.66. The molecule has 0 amide bonds. The van der Waals surface area contributed by atoms with Crippen LogP contribution in [0.4, 0.5) is 11.4 Å². The van der Waals surface area contributed by atoms with Crippen molar-refractivity contribution in [3.05, 3.63) is 57.1 Å². The van der Waals surface area contributed by atoms with Gasteiger partial charge in [0.15, 0.2) is 11.5 Å². The summed E-state index contributed by atoms with van der Waals surface area (Å²) in [4.78, 5) is 26.9. The number of hydrogen-bond acceptors (Lipinski definition) is 7. The summed E-state index contributed by atoms with van der Waals surface area (Å²) in [6, 6.07) is 9.72. The Balaban J connectivity index is 0.00000300. The molecule has 0 radical (unpaired) electrons. The Morgan fingerprint density at radius 1 is 1.10 bits per heavy atom. The van der Waals surface area contributed by atoms with E-state index in [-0.39, 0.29) is 30.2 Å². The molecule has 0 atom stereocenters. The summed E-state index contributed by atoms with van der Waals surface area (Å²) in [6.45, 7) is 3.74. The van der Waals surface area contributed by atoms with E-state index in [0.29, 0.717) is 11.6 Å². The van der Waals surface area contributed by atoms with Gasteiger partial charge in [-0.05, 0) is 30.3 Å². The third kappa shape index (κ3) is 5.50. The standard InChI is InChI=1S/C19H20ClN3O5.ClH/c20-14-1-3-15(4-2-14)22-9-7-21(8-10-22)6-5-17(24)13-11-16(23(27)28)19(26)18(25)12-13;/h1-4,11-12,25-26H,5-10H2;1H. The van der Waals surface area contributed by atoms with E-state index >= 15 is 0 Å². The van der Waals surface area contributed by atoms with Crippen LogP contribution in [0.2, 0.25) is 5.02 Å². The number of carbonyl (C=O) groups is 1. The molecule has 10 heteroatoms. The Hall–Kier alpha value is -2.55. The third-order valence-corrected chi connectivity index (χ3v) is 5.06. The number of nitro groups is 1. The van der Waals surface area contributed by atoms with Gasteiger partial charge in [-0.3, -0.25) is 19.8 Å². The molecule has 0 aliphatic carbocycles. The van der Waals surface area contributed by atoms with Crippen molar-refractivity contribution in [3.8, 4) is 11.5 Å².